The van der Waals surface area contributed by atoms with Gasteiger partial charge in [0.15, 0.2) is 11.6 Å². The Morgan fingerprint density at radius 3 is 2.79 bits per heavy atom. The molecule has 4 N–H and O–H groups in total. The van der Waals surface area contributed by atoms with E-state index in [-0.39, 0.29) is 24.2 Å². The van der Waals surface area contributed by atoms with Crippen molar-refractivity contribution in [2.24, 2.45) is 21.6 Å². The maximum Gasteiger partial charge on any atom is 0.318 e. The molecule has 1 fully saturated rings. The second kappa shape index (κ2) is 12.3. The van der Waals surface area contributed by atoms with Crippen molar-refractivity contribution < 1.29 is 9.53 Å². The minimum Gasteiger partial charge on any atom is -0.483 e. The second-order valence-corrected chi connectivity index (χ2v) is 8.66. The highest BCUT2D eigenvalue weighted by Gasteiger charge is 2.25. The standard InChI is InChI=1S/C24H36N8O2/c1-4-18-7-8-19(29-22(18)26)16-34-21-6-5-9-27-23(21)31-10-12-32(13-11-31)24(33)30-20(14-25)15-28-17(2)3/h5-9,14-15,17-18,20,22,25H,4,10-13,16,26H2,1-3H3,(H,30,33). The van der Waals surface area contributed by atoms with E-state index in [1.807, 2.05) is 32.1 Å². The number of nitrogens with two attached hydrogens (primary N) is 1. The van der Waals surface area contributed by atoms with E-state index in [0.29, 0.717) is 38.5 Å². The number of nitrogens with zero attached hydrogens (tertiary/aromatic N) is 5. The number of nitrogens with one attached hydrogen (secondary N) is 2. The van der Waals surface area contributed by atoms with Crippen molar-refractivity contribution in [3.8, 4) is 5.75 Å². The largest absolute Gasteiger partial charge is 0.483 e. The van der Waals surface area contributed by atoms with Gasteiger partial charge in [0.25, 0.3) is 0 Å². The lowest BCUT2D eigenvalue weighted by Gasteiger charge is -2.36. The quantitative estimate of drug-likeness (QED) is 0.478. The van der Waals surface area contributed by atoms with Crippen LogP contribution in [0.4, 0.5) is 10.6 Å². The summed E-state index contributed by atoms with van der Waals surface area (Å²) in [6, 6.07) is 3.14. The van der Waals surface area contributed by atoms with Gasteiger partial charge in [-0.3, -0.25) is 9.98 Å². The number of hydrogen-bond acceptors (Lipinski definition) is 8. The van der Waals surface area contributed by atoms with Crippen molar-refractivity contribution in [3.05, 3.63) is 30.5 Å². The van der Waals surface area contributed by atoms with E-state index in [1.54, 1.807) is 17.3 Å². The molecular weight excluding hydrogens is 432 g/mol. The van der Waals surface area contributed by atoms with E-state index in [9.17, 15) is 4.79 Å². The number of amides is 2. The highest BCUT2D eigenvalue weighted by Crippen LogP contribution is 2.26. The lowest BCUT2D eigenvalue weighted by Crippen LogP contribution is -2.54. The van der Waals surface area contributed by atoms with Gasteiger partial charge in [0.2, 0.25) is 0 Å². The Bertz CT molecular complexity index is 921. The minimum atomic E-state index is -0.513. The van der Waals surface area contributed by atoms with Gasteiger partial charge in [-0.25, -0.2) is 9.78 Å². The number of piperazine rings is 1. The third-order valence-corrected chi connectivity index (χ3v) is 5.77. The molecule has 0 spiro atoms. The predicted molar refractivity (Wildman–Crippen MR) is 137 cm³/mol. The SMILES string of the molecule is CCC1C=CC(COc2cccnc2N2CCN(C(=O)NC(C=N)C=NC(C)C)CC2)=NC1N. The van der Waals surface area contributed by atoms with Crippen LogP contribution in [0.25, 0.3) is 0 Å². The van der Waals surface area contributed by atoms with Crippen molar-refractivity contribution in [1.29, 1.82) is 5.41 Å². The number of carbonyl (C=O) groups excluding carboxylic acids is 1. The van der Waals surface area contributed by atoms with Crippen LogP contribution < -0.4 is 20.7 Å². The summed E-state index contributed by atoms with van der Waals surface area (Å²) in [4.78, 5) is 29.8. The fourth-order valence-corrected chi connectivity index (χ4v) is 3.77. The highest BCUT2D eigenvalue weighted by atomic mass is 16.5. The molecule has 34 heavy (non-hydrogen) atoms. The smallest absolute Gasteiger partial charge is 0.318 e. The van der Waals surface area contributed by atoms with Gasteiger partial charge in [-0.2, -0.15) is 0 Å². The van der Waals surface area contributed by atoms with Crippen LogP contribution in [-0.4, -0.2) is 85.1 Å². The Hall–Kier alpha value is -3.27. The lowest BCUT2D eigenvalue weighted by atomic mass is 10.00. The van der Waals surface area contributed by atoms with Gasteiger partial charge in [-0.1, -0.05) is 13.0 Å². The average molecular weight is 469 g/mol. The molecule has 10 nitrogen and oxygen atoms in total. The molecule has 3 atom stereocenters. The van der Waals surface area contributed by atoms with Crippen LogP contribution in [0.15, 0.2) is 40.5 Å². The zero-order valence-electron chi connectivity index (χ0n) is 20.2. The van der Waals surface area contributed by atoms with Gasteiger partial charge in [-0.05, 0) is 38.5 Å². The van der Waals surface area contributed by atoms with Crippen molar-refractivity contribution in [2.45, 2.75) is 45.4 Å². The summed E-state index contributed by atoms with van der Waals surface area (Å²) >= 11 is 0. The number of urea groups is 1. The highest BCUT2D eigenvalue weighted by molar-refractivity contribution is 5.97. The summed E-state index contributed by atoms with van der Waals surface area (Å²) in [7, 11) is 0. The summed E-state index contributed by atoms with van der Waals surface area (Å²) in [6.07, 6.45) is 9.33. The number of aliphatic imine (C=N–C) groups is 2. The minimum absolute atomic E-state index is 0.115. The molecule has 0 aliphatic carbocycles. The second-order valence-electron chi connectivity index (χ2n) is 8.66. The van der Waals surface area contributed by atoms with Gasteiger partial charge < -0.3 is 31.0 Å². The molecular formula is C24H36N8O2. The van der Waals surface area contributed by atoms with Crippen LogP contribution >= 0.6 is 0 Å². The normalized spacial score (nSPS) is 21.5. The summed E-state index contributed by atoms with van der Waals surface area (Å²) in [5, 5.41) is 10.4. The maximum absolute atomic E-state index is 12.6. The number of hydrogen-bond donors (Lipinski definition) is 3. The molecule has 3 unspecified atom stereocenters. The molecule has 2 aliphatic rings. The molecule has 0 radical (unpaired) electrons. The van der Waals surface area contributed by atoms with Gasteiger partial charge in [0, 0.05) is 56.8 Å². The van der Waals surface area contributed by atoms with E-state index < -0.39 is 6.04 Å². The van der Waals surface area contributed by atoms with E-state index >= 15 is 0 Å². The molecule has 2 aliphatic heterocycles. The van der Waals surface area contributed by atoms with Crippen LogP contribution in [0, 0.1) is 11.3 Å². The van der Waals surface area contributed by atoms with E-state index in [2.05, 4.69) is 38.2 Å². The van der Waals surface area contributed by atoms with Crippen molar-refractivity contribution >= 4 is 30.0 Å². The first-order chi connectivity index (χ1) is 16.4. The summed E-state index contributed by atoms with van der Waals surface area (Å²) in [5.74, 6) is 1.69. The lowest BCUT2D eigenvalue weighted by molar-refractivity contribution is 0.194. The number of anilines is 1. The molecule has 184 valence electrons. The Morgan fingerprint density at radius 1 is 1.38 bits per heavy atom. The molecule has 0 bridgehead atoms. The molecule has 0 saturated carbocycles. The zero-order valence-corrected chi connectivity index (χ0v) is 20.2. The van der Waals surface area contributed by atoms with Gasteiger partial charge in [-0.15, -0.1) is 0 Å². The first-order valence-corrected chi connectivity index (χ1v) is 11.8. The van der Waals surface area contributed by atoms with Crippen molar-refractivity contribution in [2.75, 3.05) is 37.7 Å². The number of aromatic nitrogens is 1. The summed E-state index contributed by atoms with van der Waals surface area (Å²) in [5.41, 5.74) is 6.95. The maximum atomic E-state index is 12.6. The summed E-state index contributed by atoms with van der Waals surface area (Å²) in [6.45, 7) is 8.65. The van der Waals surface area contributed by atoms with Crippen LogP contribution in [-0.2, 0) is 0 Å². The van der Waals surface area contributed by atoms with Crippen LogP contribution in [0.2, 0.25) is 0 Å². The molecule has 1 saturated heterocycles. The van der Waals surface area contributed by atoms with Crippen LogP contribution in [0.3, 0.4) is 0 Å². The molecule has 1 aromatic heterocycles. The van der Waals surface area contributed by atoms with Gasteiger partial charge in [0.05, 0.1) is 5.71 Å². The number of pyridine rings is 1. The van der Waals surface area contributed by atoms with E-state index in [4.69, 9.17) is 15.9 Å². The topological polar surface area (TPSA) is 132 Å². The van der Waals surface area contributed by atoms with Crippen molar-refractivity contribution in [1.82, 2.24) is 15.2 Å². The number of dihydropyridines is 1. The monoisotopic (exact) mass is 468 g/mol. The number of rotatable bonds is 9. The molecule has 2 amide bonds. The number of ether oxygens (including phenoxy) is 1. The van der Waals surface area contributed by atoms with Gasteiger partial charge >= 0.3 is 6.03 Å². The Morgan fingerprint density at radius 2 is 2.15 bits per heavy atom. The summed E-state index contributed by atoms with van der Waals surface area (Å²) < 4.78 is 6.06. The Balaban J connectivity index is 1.55. The van der Waals surface area contributed by atoms with Crippen LogP contribution in [0.1, 0.15) is 27.2 Å². The molecule has 1 aromatic rings. The van der Waals surface area contributed by atoms with Crippen LogP contribution in [0.5, 0.6) is 5.75 Å². The first-order valence-electron chi connectivity index (χ1n) is 11.8. The number of carbonyl (C=O) groups is 1. The van der Waals surface area contributed by atoms with E-state index in [0.717, 1.165) is 18.0 Å². The van der Waals surface area contributed by atoms with Crippen molar-refractivity contribution in [3.63, 3.8) is 0 Å². The molecule has 3 rings (SSSR count). The molecule has 3 heterocycles. The van der Waals surface area contributed by atoms with Gasteiger partial charge in [0.1, 0.15) is 18.8 Å². The Kier molecular flexibility index (Phi) is 9.15. The van der Waals surface area contributed by atoms with E-state index in [1.165, 1.54) is 6.21 Å². The molecule has 0 aromatic carbocycles. The fraction of sp³-hybridized carbons (Fsp3) is 0.542. The first kappa shape index (κ1) is 25.4. The average Bonchev–Trinajstić information content (AvgIpc) is 2.85. The fourth-order valence-electron chi connectivity index (χ4n) is 3.77. The third-order valence-electron chi connectivity index (χ3n) is 5.77. The molecule has 10 heteroatoms. The third kappa shape index (κ3) is 6.86. The predicted octanol–water partition coefficient (Wildman–Crippen LogP) is 2.11. The Labute approximate surface area is 201 Å². The zero-order chi connectivity index (χ0) is 24.5.